The maximum absolute atomic E-state index is 12.7. The van der Waals surface area contributed by atoms with E-state index < -0.39 is 30.1 Å². The third-order valence-corrected chi connectivity index (χ3v) is 4.51. The number of esters is 1. The van der Waals surface area contributed by atoms with Crippen LogP contribution >= 0.6 is 0 Å². The smallest absolute Gasteiger partial charge is 0.408 e. The Balaban J connectivity index is 1.98. The molecule has 0 aliphatic rings. The molecule has 0 aliphatic heterocycles. The van der Waals surface area contributed by atoms with Gasteiger partial charge in [0.25, 0.3) is 0 Å². The SMILES string of the molecule is COc1ccc(C(CC(=O)OC(C)C)NC(=O)[C@H](C)NC(=O)OCc2ccccc2)cc1. The molecule has 0 saturated carbocycles. The van der Waals surface area contributed by atoms with E-state index in [2.05, 4.69) is 10.6 Å². The lowest BCUT2D eigenvalue weighted by Gasteiger charge is -2.22. The molecule has 2 rings (SSSR count). The van der Waals surface area contributed by atoms with Gasteiger partial charge in [0.05, 0.1) is 25.7 Å². The second-order valence-electron chi connectivity index (χ2n) is 7.50. The number of rotatable bonds is 10. The molecule has 1 unspecified atom stereocenters. The van der Waals surface area contributed by atoms with E-state index >= 15 is 0 Å². The van der Waals surface area contributed by atoms with Gasteiger partial charge >= 0.3 is 12.1 Å². The summed E-state index contributed by atoms with van der Waals surface area (Å²) in [6, 6.07) is 14.7. The number of carbonyl (C=O) groups excluding carboxylic acids is 3. The molecule has 2 amide bonds. The third-order valence-electron chi connectivity index (χ3n) is 4.51. The molecule has 8 heteroatoms. The summed E-state index contributed by atoms with van der Waals surface area (Å²) >= 11 is 0. The largest absolute Gasteiger partial charge is 0.497 e. The highest BCUT2D eigenvalue weighted by atomic mass is 16.5. The van der Waals surface area contributed by atoms with Crippen molar-refractivity contribution in [2.75, 3.05) is 7.11 Å². The van der Waals surface area contributed by atoms with Crippen molar-refractivity contribution >= 4 is 18.0 Å². The van der Waals surface area contributed by atoms with Crippen LogP contribution in [0.1, 0.15) is 44.4 Å². The fraction of sp³-hybridized carbons (Fsp3) is 0.375. The van der Waals surface area contributed by atoms with E-state index in [-0.39, 0.29) is 19.1 Å². The van der Waals surface area contributed by atoms with Gasteiger partial charge in [0.1, 0.15) is 18.4 Å². The molecular formula is C24H30N2O6. The first-order chi connectivity index (χ1) is 15.3. The highest BCUT2D eigenvalue weighted by Gasteiger charge is 2.24. The number of carbonyl (C=O) groups is 3. The van der Waals surface area contributed by atoms with Gasteiger partial charge < -0.3 is 24.8 Å². The molecule has 0 spiro atoms. The van der Waals surface area contributed by atoms with Gasteiger partial charge in [-0.25, -0.2) is 4.79 Å². The molecule has 0 radical (unpaired) electrons. The lowest BCUT2D eigenvalue weighted by molar-refractivity contribution is -0.148. The first-order valence-corrected chi connectivity index (χ1v) is 10.4. The second kappa shape index (κ2) is 12.3. The fourth-order valence-electron chi connectivity index (χ4n) is 2.87. The summed E-state index contributed by atoms with van der Waals surface area (Å²) in [4.78, 5) is 37.0. The molecule has 2 N–H and O–H groups in total. The number of amides is 2. The molecule has 0 aromatic heterocycles. The van der Waals surface area contributed by atoms with Crippen LogP contribution in [-0.2, 0) is 25.7 Å². The number of benzene rings is 2. The van der Waals surface area contributed by atoms with Gasteiger partial charge in [-0.15, -0.1) is 0 Å². The van der Waals surface area contributed by atoms with Crippen LogP contribution in [-0.4, -0.2) is 37.2 Å². The van der Waals surface area contributed by atoms with Crippen LogP contribution in [0.25, 0.3) is 0 Å². The average molecular weight is 443 g/mol. The maximum Gasteiger partial charge on any atom is 0.408 e. The van der Waals surface area contributed by atoms with Crippen molar-refractivity contribution in [1.29, 1.82) is 0 Å². The van der Waals surface area contributed by atoms with Crippen molar-refractivity contribution in [1.82, 2.24) is 10.6 Å². The van der Waals surface area contributed by atoms with E-state index in [4.69, 9.17) is 14.2 Å². The van der Waals surface area contributed by atoms with Crippen LogP contribution in [0, 0.1) is 0 Å². The Morgan fingerprint density at radius 2 is 1.56 bits per heavy atom. The van der Waals surface area contributed by atoms with Gasteiger partial charge in [-0.05, 0) is 44.0 Å². The van der Waals surface area contributed by atoms with Crippen LogP contribution in [0.5, 0.6) is 5.75 Å². The Labute approximate surface area is 188 Å². The van der Waals surface area contributed by atoms with Crippen molar-refractivity contribution in [3.63, 3.8) is 0 Å². The summed E-state index contributed by atoms with van der Waals surface area (Å²) in [6.45, 7) is 5.14. The molecular weight excluding hydrogens is 412 g/mol. The van der Waals surface area contributed by atoms with Gasteiger partial charge in [0.15, 0.2) is 0 Å². The van der Waals surface area contributed by atoms with Crippen molar-refractivity contribution in [2.45, 2.75) is 52.0 Å². The average Bonchev–Trinajstić information content (AvgIpc) is 2.77. The highest BCUT2D eigenvalue weighted by Crippen LogP contribution is 2.21. The molecule has 0 heterocycles. The lowest BCUT2D eigenvalue weighted by atomic mass is 10.0. The zero-order chi connectivity index (χ0) is 23.5. The van der Waals surface area contributed by atoms with Crippen molar-refractivity contribution in [3.05, 3.63) is 65.7 Å². The van der Waals surface area contributed by atoms with Crippen molar-refractivity contribution in [3.8, 4) is 5.75 Å². The van der Waals surface area contributed by atoms with E-state index in [9.17, 15) is 14.4 Å². The minimum Gasteiger partial charge on any atom is -0.497 e. The Bertz CT molecular complexity index is 883. The van der Waals surface area contributed by atoms with Gasteiger partial charge in [-0.2, -0.15) is 0 Å². The van der Waals surface area contributed by atoms with Crippen LogP contribution in [0.3, 0.4) is 0 Å². The Morgan fingerprint density at radius 3 is 2.16 bits per heavy atom. The van der Waals surface area contributed by atoms with Crippen LogP contribution in [0.4, 0.5) is 4.79 Å². The molecule has 0 saturated heterocycles. The van der Waals surface area contributed by atoms with Crippen LogP contribution in [0.15, 0.2) is 54.6 Å². The Morgan fingerprint density at radius 1 is 0.906 bits per heavy atom. The van der Waals surface area contributed by atoms with E-state index in [1.165, 1.54) is 6.92 Å². The van der Waals surface area contributed by atoms with E-state index in [1.54, 1.807) is 45.2 Å². The second-order valence-corrected chi connectivity index (χ2v) is 7.50. The van der Waals surface area contributed by atoms with E-state index in [1.807, 2.05) is 30.3 Å². The summed E-state index contributed by atoms with van der Waals surface area (Å²) in [5.74, 6) is -0.247. The third kappa shape index (κ3) is 8.29. The van der Waals surface area contributed by atoms with Gasteiger partial charge in [0, 0.05) is 0 Å². The fourth-order valence-corrected chi connectivity index (χ4v) is 2.87. The summed E-state index contributed by atoms with van der Waals surface area (Å²) in [5.41, 5.74) is 1.54. The summed E-state index contributed by atoms with van der Waals surface area (Å²) in [7, 11) is 1.55. The summed E-state index contributed by atoms with van der Waals surface area (Å²) in [6.07, 6.45) is -1.03. The summed E-state index contributed by atoms with van der Waals surface area (Å²) in [5, 5.41) is 5.30. The predicted octanol–water partition coefficient (Wildman–Crippen LogP) is 3.51. The number of methoxy groups -OCH3 is 1. The molecule has 2 aromatic rings. The first-order valence-electron chi connectivity index (χ1n) is 10.4. The molecule has 172 valence electrons. The molecule has 32 heavy (non-hydrogen) atoms. The first kappa shape index (κ1) is 24.7. The minimum atomic E-state index is -0.875. The zero-order valence-electron chi connectivity index (χ0n) is 18.8. The van der Waals surface area contributed by atoms with Gasteiger partial charge in [-0.3, -0.25) is 9.59 Å². The molecule has 0 bridgehead atoms. The van der Waals surface area contributed by atoms with Crippen LogP contribution in [0.2, 0.25) is 0 Å². The number of hydrogen-bond acceptors (Lipinski definition) is 6. The topological polar surface area (TPSA) is 103 Å². The van der Waals surface area contributed by atoms with Crippen molar-refractivity contribution in [2.24, 2.45) is 0 Å². The van der Waals surface area contributed by atoms with Gasteiger partial charge in [0.2, 0.25) is 5.91 Å². The molecule has 2 aromatic carbocycles. The molecule has 8 nitrogen and oxygen atoms in total. The van der Waals surface area contributed by atoms with Gasteiger partial charge in [-0.1, -0.05) is 42.5 Å². The predicted molar refractivity (Wildman–Crippen MR) is 119 cm³/mol. The monoisotopic (exact) mass is 442 g/mol. The normalized spacial score (nSPS) is 12.4. The Hall–Kier alpha value is -3.55. The van der Waals surface area contributed by atoms with E-state index in [0.717, 1.165) is 5.56 Å². The number of ether oxygens (including phenoxy) is 3. The molecule has 0 fully saturated rings. The zero-order valence-corrected chi connectivity index (χ0v) is 18.8. The van der Waals surface area contributed by atoms with Crippen LogP contribution < -0.4 is 15.4 Å². The minimum absolute atomic E-state index is 0.0541. The number of hydrogen-bond donors (Lipinski definition) is 2. The number of alkyl carbamates (subject to hydrolysis) is 1. The molecule has 2 atom stereocenters. The number of nitrogens with one attached hydrogen (secondary N) is 2. The Kier molecular flexibility index (Phi) is 9.53. The lowest BCUT2D eigenvalue weighted by Crippen LogP contribution is -2.46. The quantitative estimate of drug-likeness (QED) is 0.546. The molecule has 0 aliphatic carbocycles. The van der Waals surface area contributed by atoms with E-state index in [0.29, 0.717) is 11.3 Å². The highest BCUT2D eigenvalue weighted by molar-refractivity contribution is 5.86. The maximum atomic E-state index is 12.7. The standard InChI is InChI=1S/C24H30N2O6/c1-16(2)32-22(27)14-21(19-10-12-20(30-4)13-11-19)26-23(28)17(3)25-24(29)31-15-18-8-6-5-7-9-18/h5-13,16-17,21H,14-15H2,1-4H3,(H,25,29)(H,26,28)/t17-,21?/m0/s1. The summed E-state index contributed by atoms with van der Waals surface area (Å²) < 4.78 is 15.5. The van der Waals surface area contributed by atoms with Crippen molar-refractivity contribution < 1.29 is 28.6 Å².